The van der Waals surface area contributed by atoms with Crippen LogP contribution in [0, 0.1) is 12.7 Å². The number of pyridine rings is 1. The van der Waals surface area contributed by atoms with Crippen LogP contribution in [0.15, 0.2) is 60.8 Å². The van der Waals surface area contributed by atoms with Crippen LogP contribution in [0.4, 0.5) is 10.1 Å². The molecule has 162 valence electrons. The van der Waals surface area contributed by atoms with Crippen molar-refractivity contribution >= 4 is 5.69 Å². The Morgan fingerprint density at radius 2 is 1.81 bits per heavy atom. The number of rotatable bonds is 6. The van der Waals surface area contributed by atoms with Crippen molar-refractivity contribution in [3.63, 3.8) is 0 Å². The number of aliphatic hydroxyl groups excluding tert-OH is 1. The predicted octanol–water partition coefficient (Wildman–Crippen LogP) is 3.94. The van der Waals surface area contributed by atoms with Gasteiger partial charge in [-0.1, -0.05) is 36.4 Å². The molecule has 0 radical (unpaired) electrons. The molecule has 0 bridgehead atoms. The van der Waals surface area contributed by atoms with Gasteiger partial charge in [0.05, 0.1) is 18.5 Å². The molecule has 1 atom stereocenters. The Morgan fingerprint density at radius 3 is 2.55 bits per heavy atom. The number of halogens is 1. The summed E-state index contributed by atoms with van der Waals surface area (Å²) in [6, 6.07) is 16.7. The summed E-state index contributed by atoms with van der Waals surface area (Å²) in [6.45, 7) is 5.64. The molecule has 2 aromatic carbocycles. The first-order valence-electron chi connectivity index (χ1n) is 10.6. The van der Waals surface area contributed by atoms with Crippen molar-refractivity contribution in [2.75, 3.05) is 38.2 Å². The Morgan fingerprint density at radius 1 is 1.03 bits per heavy atom. The van der Waals surface area contributed by atoms with Gasteiger partial charge in [-0.15, -0.1) is 0 Å². The van der Waals surface area contributed by atoms with E-state index in [1.54, 1.807) is 25.4 Å². The molecular formula is C25H28FN3O2. The lowest BCUT2D eigenvalue weighted by atomic mass is 9.99. The van der Waals surface area contributed by atoms with Gasteiger partial charge in [-0.25, -0.2) is 4.39 Å². The SMILES string of the molecule is COc1ccccc1CN1CCN(c2c(F)cccc2[C@@H](O)c2ncccc2C)CC1. The lowest BCUT2D eigenvalue weighted by Crippen LogP contribution is -2.46. The molecule has 6 heteroatoms. The van der Waals surface area contributed by atoms with Crippen LogP contribution in [0.25, 0.3) is 0 Å². The Labute approximate surface area is 182 Å². The van der Waals surface area contributed by atoms with E-state index >= 15 is 0 Å². The lowest BCUT2D eigenvalue weighted by molar-refractivity contribution is 0.212. The molecular weight excluding hydrogens is 393 g/mol. The topological polar surface area (TPSA) is 48.8 Å². The number of aromatic nitrogens is 1. The number of aliphatic hydroxyl groups is 1. The summed E-state index contributed by atoms with van der Waals surface area (Å²) in [4.78, 5) is 8.71. The van der Waals surface area contributed by atoms with Gasteiger partial charge >= 0.3 is 0 Å². The number of methoxy groups -OCH3 is 1. The van der Waals surface area contributed by atoms with E-state index in [4.69, 9.17) is 4.74 Å². The van der Waals surface area contributed by atoms with E-state index in [2.05, 4.69) is 16.0 Å². The van der Waals surface area contributed by atoms with Crippen LogP contribution in [0.3, 0.4) is 0 Å². The van der Waals surface area contributed by atoms with Gasteiger partial charge < -0.3 is 14.7 Å². The summed E-state index contributed by atoms with van der Waals surface area (Å²) in [5.74, 6) is 0.568. The fourth-order valence-corrected chi connectivity index (χ4v) is 4.22. The quantitative estimate of drug-likeness (QED) is 0.653. The highest BCUT2D eigenvalue weighted by Gasteiger charge is 2.26. The standard InChI is InChI=1S/C25H28FN3O2/c1-18-7-6-12-27-23(18)25(30)20-9-5-10-21(26)24(20)29-15-13-28(14-16-29)17-19-8-3-4-11-22(19)31-2/h3-12,25,30H,13-17H2,1-2H3/t25-/m1/s1. The van der Waals surface area contributed by atoms with Crippen molar-refractivity contribution in [1.82, 2.24) is 9.88 Å². The Hall–Kier alpha value is -2.96. The number of para-hydroxylation sites is 2. The van der Waals surface area contributed by atoms with Gasteiger partial charge in [-0.05, 0) is 30.7 Å². The van der Waals surface area contributed by atoms with E-state index in [-0.39, 0.29) is 5.82 Å². The zero-order valence-corrected chi connectivity index (χ0v) is 18.0. The molecule has 0 spiro atoms. The van der Waals surface area contributed by atoms with Crippen LogP contribution in [0.5, 0.6) is 5.75 Å². The molecule has 1 aliphatic heterocycles. The molecule has 1 aromatic heterocycles. The first-order chi connectivity index (χ1) is 15.1. The number of aryl methyl sites for hydroxylation is 1. The second kappa shape index (κ2) is 9.45. The highest BCUT2D eigenvalue weighted by atomic mass is 19.1. The maximum atomic E-state index is 15.0. The van der Waals surface area contributed by atoms with Crippen molar-refractivity contribution in [2.45, 2.75) is 19.6 Å². The second-order valence-electron chi connectivity index (χ2n) is 7.86. The van der Waals surface area contributed by atoms with Crippen LogP contribution < -0.4 is 9.64 Å². The summed E-state index contributed by atoms with van der Waals surface area (Å²) >= 11 is 0. The van der Waals surface area contributed by atoms with Crippen molar-refractivity contribution in [1.29, 1.82) is 0 Å². The van der Waals surface area contributed by atoms with E-state index in [0.29, 0.717) is 30.0 Å². The number of ether oxygens (including phenoxy) is 1. The smallest absolute Gasteiger partial charge is 0.146 e. The van der Waals surface area contributed by atoms with Gasteiger partial charge in [-0.3, -0.25) is 9.88 Å². The number of piperazine rings is 1. The van der Waals surface area contributed by atoms with Crippen molar-refractivity contribution < 1.29 is 14.2 Å². The Balaban J connectivity index is 1.52. The maximum Gasteiger partial charge on any atom is 0.146 e. The summed E-state index contributed by atoms with van der Waals surface area (Å²) < 4.78 is 20.4. The average Bonchev–Trinajstić information content (AvgIpc) is 2.80. The van der Waals surface area contributed by atoms with Crippen LogP contribution >= 0.6 is 0 Å². The van der Waals surface area contributed by atoms with Gasteiger partial charge in [0.15, 0.2) is 0 Å². The molecule has 1 aliphatic rings. The van der Waals surface area contributed by atoms with Crippen LogP contribution in [0.1, 0.15) is 28.5 Å². The van der Waals surface area contributed by atoms with E-state index in [0.717, 1.165) is 36.5 Å². The third kappa shape index (κ3) is 4.55. The fourth-order valence-electron chi connectivity index (χ4n) is 4.22. The molecule has 0 unspecified atom stereocenters. The molecule has 4 rings (SSSR count). The minimum Gasteiger partial charge on any atom is -0.496 e. The Bertz CT molecular complexity index is 1030. The molecule has 0 amide bonds. The van der Waals surface area contributed by atoms with Crippen molar-refractivity contribution in [2.24, 2.45) is 0 Å². The molecule has 5 nitrogen and oxygen atoms in total. The third-order valence-corrected chi connectivity index (χ3v) is 5.90. The van der Waals surface area contributed by atoms with Crippen LogP contribution in [-0.2, 0) is 6.54 Å². The normalized spacial score (nSPS) is 15.7. The molecule has 1 fully saturated rings. The van der Waals surface area contributed by atoms with E-state index in [9.17, 15) is 9.50 Å². The van der Waals surface area contributed by atoms with E-state index < -0.39 is 6.10 Å². The summed E-state index contributed by atoms with van der Waals surface area (Å²) in [5.41, 5.74) is 3.61. The second-order valence-corrected chi connectivity index (χ2v) is 7.86. The van der Waals surface area contributed by atoms with Gasteiger partial charge in [0.25, 0.3) is 0 Å². The number of anilines is 1. The molecule has 0 saturated carbocycles. The molecule has 1 saturated heterocycles. The average molecular weight is 422 g/mol. The lowest BCUT2D eigenvalue weighted by Gasteiger charge is -2.37. The largest absolute Gasteiger partial charge is 0.496 e. The minimum atomic E-state index is -0.974. The van der Waals surface area contributed by atoms with Gasteiger partial charge in [0.1, 0.15) is 17.7 Å². The fraction of sp³-hybridized carbons (Fsp3) is 0.320. The number of benzene rings is 2. The molecule has 1 N–H and O–H groups in total. The van der Waals surface area contributed by atoms with Crippen molar-refractivity contribution in [3.8, 4) is 5.75 Å². The maximum absolute atomic E-state index is 15.0. The molecule has 2 heterocycles. The zero-order chi connectivity index (χ0) is 21.8. The number of hydrogen-bond donors (Lipinski definition) is 1. The van der Waals surface area contributed by atoms with E-state index in [1.165, 1.54) is 6.07 Å². The monoisotopic (exact) mass is 421 g/mol. The highest BCUT2D eigenvalue weighted by molar-refractivity contribution is 5.58. The van der Waals surface area contributed by atoms with Gasteiger partial charge in [0, 0.05) is 50.0 Å². The predicted molar refractivity (Wildman–Crippen MR) is 120 cm³/mol. The Kier molecular flexibility index (Phi) is 6.49. The highest BCUT2D eigenvalue weighted by Crippen LogP contribution is 2.34. The summed E-state index contributed by atoms with van der Waals surface area (Å²) in [6.07, 6.45) is 0.680. The molecule has 31 heavy (non-hydrogen) atoms. The molecule has 0 aliphatic carbocycles. The molecule has 3 aromatic rings. The van der Waals surface area contributed by atoms with E-state index in [1.807, 2.05) is 42.2 Å². The zero-order valence-electron chi connectivity index (χ0n) is 18.0. The first-order valence-corrected chi connectivity index (χ1v) is 10.6. The minimum absolute atomic E-state index is 0.316. The van der Waals surface area contributed by atoms with Gasteiger partial charge in [-0.2, -0.15) is 0 Å². The van der Waals surface area contributed by atoms with Gasteiger partial charge in [0.2, 0.25) is 0 Å². The third-order valence-electron chi connectivity index (χ3n) is 5.90. The number of nitrogens with zero attached hydrogens (tertiary/aromatic N) is 3. The summed E-state index contributed by atoms with van der Waals surface area (Å²) in [5, 5.41) is 11.0. The summed E-state index contributed by atoms with van der Waals surface area (Å²) in [7, 11) is 1.69. The first kappa shape index (κ1) is 21.3. The van der Waals surface area contributed by atoms with Crippen LogP contribution in [0.2, 0.25) is 0 Å². The van der Waals surface area contributed by atoms with Crippen LogP contribution in [-0.4, -0.2) is 48.3 Å². The number of hydrogen-bond acceptors (Lipinski definition) is 5. The van der Waals surface area contributed by atoms with Crippen molar-refractivity contribution in [3.05, 3.63) is 89.0 Å².